The number of rotatable bonds is 5. The number of esters is 1. The molecule has 1 aromatic heterocycles. The lowest BCUT2D eigenvalue weighted by Gasteiger charge is -2.30. The number of aryl methyl sites for hydroxylation is 2. The summed E-state index contributed by atoms with van der Waals surface area (Å²) in [4.78, 5) is 31.8. The molecule has 0 radical (unpaired) electrons. The molecule has 0 spiro atoms. The summed E-state index contributed by atoms with van der Waals surface area (Å²) in [5.74, 6) is -0.324. The van der Waals surface area contributed by atoms with E-state index in [0.29, 0.717) is 25.9 Å². The van der Waals surface area contributed by atoms with Crippen molar-refractivity contribution in [3.8, 4) is 0 Å². The quantitative estimate of drug-likeness (QED) is 0.582. The first-order valence-corrected chi connectivity index (χ1v) is 9.96. The van der Waals surface area contributed by atoms with Crippen molar-refractivity contribution in [3.63, 3.8) is 0 Å². The van der Waals surface area contributed by atoms with Crippen LogP contribution in [0.5, 0.6) is 0 Å². The molecule has 0 aliphatic carbocycles. The zero-order chi connectivity index (χ0) is 19.2. The highest BCUT2D eigenvalue weighted by molar-refractivity contribution is 7.11. The maximum atomic E-state index is 12.3. The number of nitrogens with zero attached hydrogens (tertiary/aromatic N) is 2. The fraction of sp³-hybridized carbons (Fsp3) is 0.381. The third kappa shape index (κ3) is 5.26. The van der Waals surface area contributed by atoms with E-state index < -0.39 is 0 Å². The summed E-state index contributed by atoms with van der Waals surface area (Å²) in [6, 6.07) is 9.74. The summed E-state index contributed by atoms with van der Waals surface area (Å²) < 4.78 is 5.48. The number of ether oxygens (including phenoxy) is 1. The number of hydrogen-bond donors (Lipinski definition) is 0. The Hall–Kier alpha value is -2.47. The fourth-order valence-corrected chi connectivity index (χ4v) is 3.98. The van der Waals surface area contributed by atoms with Gasteiger partial charge in [0.05, 0.1) is 21.5 Å². The second-order valence-electron chi connectivity index (χ2n) is 6.69. The first-order valence-electron chi connectivity index (χ1n) is 9.14. The number of piperidine rings is 1. The Labute approximate surface area is 163 Å². The third-order valence-electron chi connectivity index (χ3n) is 4.70. The molecule has 0 saturated carbocycles. The monoisotopic (exact) mass is 384 g/mol. The van der Waals surface area contributed by atoms with E-state index >= 15 is 0 Å². The van der Waals surface area contributed by atoms with Crippen molar-refractivity contribution in [2.24, 2.45) is 5.92 Å². The number of likely N-dealkylation sites (tertiary alicyclic amines) is 1. The Bertz CT molecular complexity index is 821. The van der Waals surface area contributed by atoms with E-state index in [1.165, 1.54) is 0 Å². The molecule has 0 atom stereocenters. The van der Waals surface area contributed by atoms with E-state index in [9.17, 15) is 9.59 Å². The molecule has 0 N–H and O–H groups in total. The van der Waals surface area contributed by atoms with Crippen LogP contribution in [-0.4, -0.2) is 34.8 Å². The Kier molecular flexibility index (Phi) is 6.40. The van der Waals surface area contributed by atoms with Gasteiger partial charge >= 0.3 is 5.97 Å². The molecule has 1 saturated heterocycles. The van der Waals surface area contributed by atoms with Crippen LogP contribution in [0.3, 0.4) is 0 Å². The van der Waals surface area contributed by atoms with Crippen molar-refractivity contribution in [3.05, 3.63) is 57.6 Å². The predicted molar refractivity (Wildman–Crippen MR) is 106 cm³/mol. The lowest BCUT2D eigenvalue weighted by atomic mass is 9.97. The van der Waals surface area contributed by atoms with Gasteiger partial charge in [0.2, 0.25) is 5.91 Å². The maximum absolute atomic E-state index is 12.3. The third-order valence-corrected chi connectivity index (χ3v) is 5.75. The molecule has 3 rings (SSSR count). The lowest BCUT2D eigenvalue weighted by Crippen LogP contribution is -2.39. The van der Waals surface area contributed by atoms with Crippen molar-refractivity contribution in [2.75, 3.05) is 13.1 Å². The summed E-state index contributed by atoms with van der Waals surface area (Å²) in [6.45, 7) is 5.32. The van der Waals surface area contributed by atoms with Gasteiger partial charge in [0.25, 0.3) is 0 Å². The molecular formula is C21H24N2O3S. The van der Waals surface area contributed by atoms with Crippen LogP contribution in [-0.2, 0) is 20.9 Å². The van der Waals surface area contributed by atoms with Crippen molar-refractivity contribution in [1.82, 2.24) is 9.88 Å². The van der Waals surface area contributed by atoms with Gasteiger partial charge in [-0.1, -0.05) is 30.3 Å². The van der Waals surface area contributed by atoms with Gasteiger partial charge in [0.15, 0.2) is 0 Å². The number of hydrogen-bond acceptors (Lipinski definition) is 5. The molecule has 27 heavy (non-hydrogen) atoms. The van der Waals surface area contributed by atoms with Gasteiger partial charge in [-0.2, -0.15) is 0 Å². The van der Waals surface area contributed by atoms with Crippen LogP contribution in [0.1, 0.15) is 34.0 Å². The van der Waals surface area contributed by atoms with E-state index in [2.05, 4.69) is 4.98 Å². The van der Waals surface area contributed by atoms with E-state index in [1.807, 2.05) is 50.3 Å². The van der Waals surface area contributed by atoms with Crippen molar-refractivity contribution in [1.29, 1.82) is 0 Å². The molecule has 6 heteroatoms. The van der Waals surface area contributed by atoms with Crippen LogP contribution in [0.25, 0.3) is 6.08 Å². The molecule has 1 aromatic carbocycles. The largest absolute Gasteiger partial charge is 0.460 e. The van der Waals surface area contributed by atoms with Gasteiger partial charge in [-0.25, -0.2) is 4.98 Å². The van der Waals surface area contributed by atoms with Gasteiger partial charge in [-0.15, -0.1) is 11.3 Å². The standard InChI is InChI=1S/C21H24N2O3S/c1-15-19(27-16(2)22-15)14-26-21(25)18-10-12-23(13-11-18)20(24)9-8-17-6-4-3-5-7-17/h3-9,18H,10-14H2,1-2H3/b9-8+. The van der Waals surface area contributed by atoms with Gasteiger partial charge in [0, 0.05) is 19.2 Å². The average Bonchev–Trinajstić information content (AvgIpc) is 3.02. The topological polar surface area (TPSA) is 59.5 Å². The normalized spacial score (nSPS) is 15.3. The minimum Gasteiger partial charge on any atom is -0.460 e. The molecule has 1 amide bonds. The molecule has 0 unspecified atom stereocenters. The molecule has 0 bridgehead atoms. The summed E-state index contributed by atoms with van der Waals surface area (Å²) in [7, 11) is 0. The Morgan fingerprint density at radius 3 is 2.56 bits per heavy atom. The lowest BCUT2D eigenvalue weighted by molar-refractivity contribution is -0.152. The van der Waals surface area contributed by atoms with Gasteiger partial charge < -0.3 is 9.64 Å². The number of amides is 1. The zero-order valence-electron chi connectivity index (χ0n) is 15.7. The summed E-state index contributed by atoms with van der Waals surface area (Å²) >= 11 is 1.56. The number of carbonyl (C=O) groups is 2. The van der Waals surface area contributed by atoms with E-state index in [-0.39, 0.29) is 24.4 Å². The first kappa shape index (κ1) is 19.3. The molecule has 2 aromatic rings. The molecule has 1 aliphatic heterocycles. The van der Waals surface area contributed by atoms with Crippen LogP contribution < -0.4 is 0 Å². The molecule has 2 heterocycles. The summed E-state index contributed by atoms with van der Waals surface area (Å²) in [5.41, 5.74) is 1.92. The summed E-state index contributed by atoms with van der Waals surface area (Å²) in [5, 5.41) is 0.980. The number of thiazole rings is 1. The van der Waals surface area contributed by atoms with Crippen molar-refractivity contribution < 1.29 is 14.3 Å². The highest BCUT2D eigenvalue weighted by Crippen LogP contribution is 2.22. The van der Waals surface area contributed by atoms with Crippen LogP contribution in [0.4, 0.5) is 0 Å². The Morgan fingerprint density at radius 1 is 1.22 bits per heavy atom. The van der Waals surface area contributed by atoms with E-state index in [0.717, 1.165) is 21.1 Å². The Balaban J connectivity index is 1.45. The SMILES string of the molecule is Cc1nc(C)c(COC(=O)C2CCN(C(=O)/C=C/c3ccccc3)CC2)s1. The number of aromatic nitrogens is 1. The van der Waals surface area contributed by atoms with Gasteiger partial charge in [0.1, 0.15) is 6.61 Å². The maximum Gasteiger partial charge on any atom is 0.309 e. The van der Waals surface area contributed by atoms with Crippen LogP contribution in [0, 0.1) is 19.8 Å². The Morgan fingerprint density at radius 2 is 1.93 bits per heavy atom. The zero-order valence-corrected chi connectivity index (χ0v) is 16.5. The number of carbonyl (C=O) groups excluding carboxylic acids is 2. The second kappa shape index (κ2) is 8.95. The van der Waals surface area contributed by atoms with Crippen LogP contribution >= 0.6 is 11.3 Å². The van der Waals surface area contributed by atoms with Gasteiger partial charge in [-0.05, 0) is 38.3 Å². The van der Waals surface area contributed by atoms with E-state index in [1.54, 1.807) is 22.3 Å². The van der Waals surface area contributed by atoms with Crippen LogP contribution in [0.15, 0.2) is 36.4 Å². The minimum atomic E-state index is -0.174. The average molecular weight is 385 g/mol. The van der Waals surface area contributed by atoms with Crippen LogP contribution in [0.2, 0.25) is 0 Å². The minimum absolute atomic E-state index is 0.0126. The highest BCUT2D eigenvalue weighted by Gasteiger charge is 2.27. The molecule has 1 aliphatic rings. The first-order chi connectivity index (χ1) is 13.0. The molecule has 1 fully saturated rings. The predicted octanol–water partition coefficient (Wildman–Crippen LogP) is 3.76. The smallest absolute Gasteiger partial charge is 0.309 e. The fourth-order valence-electron chi connectivity index (χ4n) is 3.13. The molecule has 5 nitrogen and oxygen atoms in total. The highest BCUT2D eigenvalue weighted by atomic mass is 32.1. The second-order valence-corrected chi connectivity index (χ2v) is 7.98. The van der Waals surface area contributed by atoms with Gasteiger partial charge in [-0.3, -0.25) is 9.59 Å². The number of benzene rings is 1. The van der Waals surface area contributed by atoms with Crippen molar-refractivity contribution in [2.45, 2.75) is 33.3 Å². The summed E-state index contributed by atoms with van der Waals surface area (Å²) in [6.07, 6.45) is 4.71. The van der Waals surface area contributed by atoms with Crippen molar-refractivity contribution >= 4 is 29.3 Å². The molecule has 142 valence electrons. The molecular weight excluding hydrogens is 360 g/mol. The van der Waals surface area contributed by atoms with E-state index in [4.69, 9.17) is 4.74 Å².